The van der Waals surface area contributed by atoms with Crippen LogP contribution >= 0.6 is 0 Å². The summed E-state index contributed by atoms with van der Waals surface area (Å²) in [6, 6.07) is 15.4. The van der Waals surface area contributed by atoms with Crippen LogP contribution < -0.4 is 5.32 Å². The number of sulfone groups is 1. The number of rotatable bonds is 7. The Kier molecular flexibility index (Phi) is 6.07. The van der Waals surface area contributed by atoms with E-state index in [9.17, 15) is 13.2 Å². The first kappa shape index (κ1) is 21.0. The minimum Gasteiger partial charge on any atom is -0.348 e. The molecule has 0 saturated carbocycles. The average Bonchev–Trinajstić information content (AvgIpc) is 2.97. The van der Waals surface area contributed by atoms with Gasteiger partial charge in [0.25, 0.3) is 0 Å². The predicted octanol–water partition coefficient (Wildman–Crippen LogP) is 3.58. The molecule has 6 nitrogen and oxygen atoms in total. The summed E-state index contributed by atoms with van der Waals surface area (Å²) in [5, 5.41) is 3.00. The highest BCUT2D eigenvalue weighted by molar-refractivity contribution is 7.89. The molecular formula is C22H27N3O3S. The number of hydrogen-bond donors (Lipinski definition) is 1. The van der Waals surface area contributed by atoms with Crippen LogP contribution in [0.4, 0.5) is 0 Å². The number of nitrogens with one attached hydrogen (secondary N) is 1. The molecule has 29 heavy (non-hydrogen) atoms. The number of fused-ring (bicyclic) bond motifs is 1. The quantitative estimate of drug-likeness (QED) is 0.642. The number of imidazole rings is 1. The lowest BCUT2D eigenvalue weighted by molar-refractivity contribution is -0.122. The van der Waals surface area contributed by atoms with Gasteiger partial charge in [-0.15, -0.1) is 0 Å². The highest BCUT2D eigenvalue weighted by Crippen LogP contribution is 2.20. The molecule has 1 aromatic heterocycles. The molecule has 0 aliphatic rings. The van der Waals surface area contributed by atoms with Crippen molar-refractivity contribution in [1.29, 1.82) is 0 Å². The van der Waals surface area contributed by atoms with Crippen molar-refractivity contribution in [3.05, 3.63) is 65.5 Å². The van der Waals surface area contributed by atoms with Crippen LogP contribution in [0.25, 0.3) is 11.0 Å². The van der Waals surface area contributed by atoms with Crippen molar-refractivity contribution < 1.29 is 13.2 Å². The van der Waals surface area contributed by atoms with Gasteiger partial charge in [-0.25, -0.2) is 13.4 Å². The van der Waals surface area contributed by atoms with Gasteiger partial charge in [0.15, 0.2) is 9.84 Å². The maximum atomic E-state index is 12.7. The molecule has 2 aromatic carbocycles. The van der Waals surface area contributed by atoms with E-state index in [2.05, 4.69) is 36.3 Å². The van der Waals surface area contributed by atoms with E-state index in [0.717, 1.165) is 11.1 Å². The largest absolute Gasteiger partial charge is 0.348 e. The summed E-state index contributed by atoms with van der Waals surface area (Å²) in [4.78, 5) is 17.1. The number of para-hydroxylation sites is 2. The summed E-state index contributed by atoms with van der Waals surface area (Å²) in [5.74, 6) is 0.430. The number of amides is 1. The lowest BCUT2D eigenvalue weighted by Gasteiger charge is -2.16. The van der Waals surface area contributed by atoms with Crippen LogP contribution in [0.5, 0.6) is 0 Å². The number of carbonyl (C=O) groups is 1. The molecule has 3 aromatic rings. The molecule has 0 radical (unpaired) electrons. The van der Waals surface area contributed by atoms with Gasteiger partial charge < -0.3 is 9.88 Å². The standard InChI is InChI=1S/C22H27N3O3S/c1-15(2)17-9-11-18(12-10-17)16(3)23-22(26)13-25-20-8-6-5-7-19(20)24-21(25)14-29(4,27)28/h5-12,15-16H,13-14H2,1-4H3,(H,23,26). The van der Waals surface area contributed by atoms with E-state index in [0.29, 0.717) is 17.3 Å². The van der Waals surface area contributed by atoms with Gasteiger partial charge in [-0.05, 0) is 36.1 Å². The fraction of sp³-hybridized carbons (Fsp3) is 0.364. The summed E-state index contributed by atoms with van der Waals surface area (Å²) in [6.45, 7) is 6.24. The molecule has 1 atom stereocenters. The third-order valence-electron chi connectivity index (χ3n) is 4.91. The topological polar surface area (TPSA) is 81.1 Å². The van der Waals surface area contributed by atoms with Crippen LogP contribution in [-0.2, 0) is 26.9 Å². The lowest BCUT2D eigenvalue weighted by Crippen LogP contribution is -2.30. The Morgan fingerprint density at radius 1 is 1.03 bits per heavy atom. The Hall–Kier alpha value is -2.67. The van der Waals surface area contributed by atoms with Crippen LogP contribution in [-0.4, -0.2) is 30.1 Å². The summed E-state index contributed by atoms with van der Waals surface area (Å²) in [5.41, 5.74) is 3.70. The maximum absolute atomic E-state index is 12.7. The zero-order valence-electron chi connectivity index (χ0n) is 17.2. The van der Waals surface area contributed by atoms with Gasteiger partial charge >= 0.3 is 0 Å². The molecular weight excluding hydrogens is 386 g/mol. The predicted molar refractivity (Wildman–Crippen MR) is 115 cm³/mol. The number of benzene rings is 2. The molecule has 1 heterocycles. The summed E-state index contributed by atoms with van der Waals surface area (Å²) >= 11 is 0. The van der Waals surface area contributed by atoms with Crippen molar-refractivity contribution >= 4 is 26.8 Å². The molecule has 3 rings (SSSR count). The smallest absolute Gasteiger partial charge is 0.240 e. The number of carbonyl (C=O) groups excluding carboxylic acids is 1. The third-order valence-corrected chi connectivity index (χ3v) is 5.69. The molecule has 1 unspecified atom stereocenters. The Morgan fingerprint density at radius 3 is 2.28 bits per heavy atom. The molecule has 0 aliphatic heterocycles. The first-order valence-electron chi connectivity index (χ1n) is 9.65. The van der Waals surface area contributed by atoms with E-state index in [-0.39, 0.29) is 24.2 Å². The molecule has 0 aliphatic carbocycles. The summed E-state index contributed by atoms with van der Waals surface area (Å²) < 4.78 is 25.3. The summed E-state index contributed by atoms with van der Waals surface area (Å²) in [7, 11) is -3.28. The van der Waals surface area contributed by atoms with Crippen LogP contribution in [0.3, 0.4) is 0 Å². The van der Waals surface area contributed by atoms with Gasteiger partial charge in [0.1, 0.15) is 18.1 Å². The van der Waals surface area contributed by atoms with Crippen LogP contribution in [0.1, 0.15) is 49.7 Å². The van der Waals surface area contributed by atoms with Crippen molar-refractivity contribution in [3.63, 3.8) is 0 Å². The Balaban J connectivity index is 1.79. The molecule has 7 heteroatoms. The molecule has 1 N–H and O–H groups in total. The lowest BCUT2D eigenvalue weighted by atomic mass is 9.99. The molecule has 0 bridgehead atoms. The van der Waals surface area contributed by atoms with Crippen molar-refractivity contribution in [2.24, 2.45) is 0 Å². The van der Waals surface area contributed by atoms with Gasteiger partial charge in [-0.2, -0.15) is 0 Å². The highest BCUT2D eigenvalue weighted by Gasteiger charge is 2.18. The first-order valence-corrected chi connectivity index (χ1v) is 11.7. The van der Waals surface area contributed by atoms with Gasteiger partial charge in [0.05, 0.1) is 17.1 Å². The average molecular weight is 414 g/mol. The third kappa shape index (κ3) is 5.23. The zero-order valence-corrected chi connectivity index (χ0v) is 18.0. The Labute approximate surface area is 171 Å². The highest BCUT2D eigenvalue weighted by atomic mass is 32.2. The van der Waals surface area contributed by atoms with Crippen molar-refractivity contribution in [2.45, 2.75) is 45.0 Å². The van der Waals surface area contributed by atoms with Crippen LogP contribution in [0, 0.1) is 0 Å². The number of nitrogens with zero attached hydrogens (tertiary/aromatic N) is 2. The molecule has 154 valence electrons. The van der Waals surface area contributed by atoms with Gasteiger partial charge in [-0.3, -0.25) is 4.79 Å². The normalized spacial score (nSPS) is 13.0. The monoisotopic (exact) mass is 413 g/mol. The van der Waals surface area contributed by atoms with Crippen LogP contribution in [0.2, 0.25) is 0 Å². The fourth-order valence-corrected chi connectivity index (χ4v) is 4.02. The van der Waals surface area contributed by atoms with E-state index < -0.39 is 9.84 Å². The fourth-order valence-electron chi connectivity index (χ4n) is 3.33. The second-order valence-corrected chi connectivity index (χ2v) is 9.92. The van der Waals surface area contributed by atoms with E-state index in [1.807, 2.05) is 43.3 Å². The zero-order chi connectivity index (χ0) is 21.2. The SMILES string of the molecule is CC(C)c1ccc(C(C)NC(=O)Cn2c(CS(C)(=O)=O)nc3ccccc32)cc1. The van der Waals surface area contributed by atoms with E-state index in [1.54, 1.807) is 4.57 Å². The van der Waals surface area contributed by atoms with Crippen LogP contribution in [0.15, 0.2) is 48.5 Å². The van der Waals surface area contributed by atoms with Gasteiger partial charge in [0, 0.05) is 6.26 Å². The molecule has 0 saturated heterocycles. The minimum absolute atomic E-state index is 0.0137. The number of hydrogen-bond acceptors (Lipinski definition) is 4. The van der Waals surface area contributed by atoms with Crippen molar-refractivity contribution in [2.75, 3.05) is 6.26 Å². The molecule has 0 spiro atoms. The Morgan fingerprint density at radius 2 is 1.66 bits per heavy atom. The van der Waals surface area contributed by atoms with E-state index >= 15 is 0 Å². The molecule has 1 amide bonds. The van der Waals surface area contributed by atoms with Crippen molar-refractivity contribution in [3.8, 4) is 0 Å². The second kappa shape index (κ2) is 8.37. The van der Waals surface area contributed by atoms with Gasteiger partial charge in [-0.1, -0.05) is 50.2 Å². The van der Waals surface area contributed by atoms with Gasteiger partial charge in [0.2, 0.25) is 5.91 Å². The van der Waals surface area contributed by atoms with E-state index in [4.69, 9.17) is 0 Å². The van der Waals surface area contributed by atoms with E-state index in [1.165, 1.54) is 11.8 Å². The Bertz CT molecular complexity index is 1120. The second-order valence-electron chi connectivity index (χ2n) is 7.78. The van der Waals surface area contributed by atoms with Crippen molar-refractivity contribution in [1.82, 2.24) is 14.9 Å². The number of aromatic nitrogens is 2. The molecule has 0 fully saturated rings. The minimum atomic E-state index is -3.28. The first-order chi connectivity index (χ1) is 13.6. The summed E-state index contributed by atoms with van der Waals surface area (Å²) in [6.07, 6.45) is 1.17. The maximum Gasteiger partial charge on any atom is 0.240 e.